The molecule has 2 aliphatic heterocycles. The number of methoxy groups -OCH3 is 2. The fourth-order valence-corrected chi connectivity index (χ4v) is 4.62. The van der Waals surface area contributed by atoms with Gasteiger partial charge in [0.25, 0.3) is 5.91 Å². The Balaban J connectivity index is 1.38. The van der Waals surface area contributed by atoms with Gasteiger partial charge in [-0.25, -0.2) is 0 Å². The molecule has 1 atom stereocenters. The van der Waals surface area contributed by atoms with Crippen molar-refractivity contribution in [2.24, 2.45) is 0 Å². The Hall–Kier alpha value is -3.03. The summed E-state index contributed by atoms with van der Waals surface area (Å²) in [6, 6.07) is 10.00. The first-order valence-corrected chi connectivity index (χ1v) is 11.5. The van der Waals surface area contributed by atoms with Gasteiger partial charge in [-0.1, -0.05) is 6.92 Å². The molecule has 1 aromatic heterocycles. The van der Waals surface area contributed by atoms with E-state index in [1.54, 1.807) is 32.4 Å². The minimum Gasteiger partial charge on any atom is -0.497 e. The van der Waals surface area contributed by atoms with Crippen LogP contribution >= 0.6 is 0 Å². The summed E-state index contributed by atoms with van der Waals surface area (Å²) in [7, 11) is 3.17. The number of nitrogens with zero attached hydrogens (tertiary/aromatic N) is 5. The monoisotopic (exact) mass is 439 g/mol. The lowest BCUT2D eigenvalue weighted by Crippen LogP contribution is -2.49. The van der Waals surface area contributed by atoms with Gasteiger partial charge in [-0.15, -0.1) is 10.2 Å². The number of benzene rings is 1. The fourth-order valence-electron chi connectivity index (χ4n) is 4.62. The highest BCUT2D eigenvalue weighted by Crippen LogP contribution is 2.26. The van der Waals surface area contributed by atoms with Crippen molar-refractivity contribution in [3.8, 4) is 11.5 Å². The Kier molecular flexibility index (Phi) is 6.97. The summed E-state index contributed by atoms with van der Waals surface area (Å²) in [5.41, 5.74) is 0.575. The summed E-state index contributed by atoms with van der Waals surface area (Å²) < 4.78 is 10.6. The maximum atomic E-state index is 13.0. The normalized spacial score (nSPS) is 19.1. The van der Waals surface area contributed by atoms with Crippen LogP contribution in [0.3, 0.4) is 0 Å². The Morgan fingerprint density at radius 3 is 2.19 bits per heavy atom. The third kappa shape index (κ3) is 4.74. The third-order valence-corrected chi connectivity index (χ3v) is 6.52. The molecule has 0 saturated carbocycles. The van der Waals surface area contributed by atoms with Gasteiger partial charge in [0.2, 0.25) is 0 Å². The molecule has 8 nitrogen and oxygen atoms in total. The van der Waals surface area contributed by atoms with Gasteiger partial charge < -0.3 is 24.2 Å². The molecule has 0 spiro atoms. The molecule has 0 N–H and O–H groups in total. The van der Waals surface area contributed by atoms with Gasteiger partial charge in [0.05, 0.1) is 14.2 Å². The van der Waals surface area contributed by atoms with Crippen LogP contribution in [0.2, 0.25) is 0 Å². The largest absolute Gasteiger partial charge is 0.497 e. The zero-order chi connectivity index (χ0) is 22.5. The lowest BCUT2D eigenvalue weighted by Gasteiger charge is -2.37. The minimum atomic E-state index is -0.0148. The molecule has 4 rings (SSSR count). The van der Waals surface area contributed by atoms with Crippen LogP contribution in [0.1, 0.15) is 43.0 Å². The van der Waals surface area contributed by atoms with Gasteiger partial charge in [-0.3, -0.25) is 4.79 Å². The SMILES string of the molecule is CCC1CCCCN1c1ccc(N2CCN(C(=O)c3cc(OC)cc(OC)c3)CC2)nn1. The van der Waals surface area contributed by atoms with Crippen molar-refractivity contribution in [2.75, 3.05) is 56.7 Å². The van der Waals surface area contributed by atoms with E-state index in [2.05, 4.69) is 39.1 Å². The molecule has 1 amide bonds. The molecule has 2 saturated heterocycles. The predicted octanol–water partition coefficient (Wildman–Crippen LogP) is 3.23. The number of ether oxygens (including phenoxy) is 2. The second-order valence-corrected chi connectivity index (χ2v) is 8.38. The van der Waals surface area contributed by atoms with Crippen LogP contribution in [0.15, 0.2) is 30.3 Å². The fraction of sp³-hybridized carbons (Fsp3) is 0.542. The third-order valence-electron chi connectivity index (χ3n) is 6.52. The molecule has 2 aromatic rings. The maximum Gasteiger partial charge on any atom is 0.254 e. The highest BCUT2D eigenvalue weighted by atomic mass is 16.5. The summed E-state index contributed by atoms with van der Waals surface area (Å²) in [4.78, 5) is 19.5. The maximum absolute atomic E-state index is 13.0. The smallest absolute Gasteiger partial charge is 0.254 e. The molecule has 3 heterocycles. The second-order valence-electron chi connectivity index (χ2n) is 8.38. The predicted molar refractivity (Wildman–Crippen MR) is 125 cm³/mol. The van der Waals surface area contributed by atoms with Crippen molar-refractivity contribution >= 4 is 17.5 Å². The molecule has 32 heavy (non-hydrogen) atoms. The highest BCUT2D eigenvalue weighted by Gasteiger charge is 2.25. The zero-order valence-electron chi connectivity index (χ0n) is 19.3. The molecule has 8 heteroatoms. The van der Waals surface area contributed by atoms with Crippen LogP contribution in [0, 0.1) is 0 Å². The van der Waals surface area contributed by atoms with E-state index in [1.807, 2.05) is 4.90 Å². The van der Waals surface area contributed by atoms with Crippen LogP contribution in [-0.4, -0.2) is 74.0 Å². The molecule has 2 aliphatic rings. The number of rotatable bonds is 6. The van der Waals surface area contributed by atoms with Crippen LogP contribution in [0.5, 0.6) is 11.5 Å². The van der Waals surface area contributed by atoms with E-state index in [0.29, 0.717) is 36.2 Å². The van der Waals surface area contributed by atoms with Crippen LogP contribution in [0.4, 0.5) is 11.6 Å². The Morgan fingerprint density at radius 1 is 0.938 bits per heavy atom. The van der Waals surface area contributed by atoms with Gasteiger partial charge in [-0.05, 0) is 49.9 Å². The summed E-state index contributed by atoms with van der Waals surface area (Å²) in [6.07, 6.45) is 4.88. The topological polar surface area (TPSA) is 71.0 Å². The average Bonchev–Trinajstić information content (AvgIpc) is 2.88. The van der Waals surface area contributed by atoms with Crippen molar-refractivity contribution in [1.29, 1.82) is 0 Å². The molecule has 1 aromatic carbocycles. The van der Waals surface area contributed by atoms with Crippen molar-refractivity contribution < 1.29 is 14.3 Å². The lowest BCUT2D eigenvalue weighted by atomic mass is 10.0. The van der Waals surface area contributed by atoms with E-state index in [9.17, 15) is 4.79 Å². The van der Waals surface area contributed by atoms with Crippen LogP contribution in [-0.2, 0) is 0 Å². The number of hydrogen-bond donors (Lipinski definition) is 0. The molecule has 172 valence electrons. The summed E-state index contributed by atoms with van der Waals surface area (Å²) in [5, 5.41) is 9.06. The Labute approximate surface area is 190 Å². The first kappa shape index (κ1) is 22.2. The molecule has 0 radical (unpaired) electrons. The van der Waals surface area contributed by atoms with E-state index in [-0.39, 0.29) is 5.91 Å². The number of piperazine rings is 1. The number of amides is 1. The summed E-state index contributed by atoms with van der Waals surface area (Å²) in [5.74, 6) is 3.05. The first-order chi connectivity index (χ1) is 15.6. The molecule has 1 unspecified atom stereocenters. The van der Waals surface area contributed by atoms with E-state index >= 15 is 0 Å². The number of piperidine rings is 1. The van der Waals surface area contributed by atoms with E-state index < -0.39 is 0 Å². The molecule has 0 aliphatic carbocycles. The van der Waals surface area contributed by atoms with E-state index in [4.69, 9.17) is 9.47 Å². The standard InChI is InChI=1S/C24H33N5O3/c1-4-19-7-5-6-10-29(19)23-9-8-22(25-26-23)27-11-13-28(14-12-27)24(30)18-15-20(31-2)17-21(16-18)32-3/h8-9,15-17,19H,4-7,10-14H2,1-3H3. The Bertz CT molecular complexity index is 890. The summed E-state index contributed by atoms with van der Waals surface area (Å²) >= 11 is 0. The number of carbonyl (C=O) groups excluding carboxylic acids is 1. The van der Waals surface area contributed by atoms with Gasteiger partial charge in [0.1, 0.15) is 11.5 Å². The van der Waals surface area contributed by atoms with Crippen molar-refractivity contribution in [1.82, 2.24) is 15.1 Å². The zero-order valence-corrected chi connectivity index (χ0v) is 19.3. The van der Waals surface area contributed by atoms with Gasteiger partial charge in [0, 0.05) is 50.4 Å². The second kappa shape index (κ2) is 10.1. The Morgan fingerprint density at radius 2 is 1.59 bits per heavy atom. The molecule has 2 fully saturated rings. The first-order valence-electron chi connectivity index (χ1n) is 11.5. The average molecular weight is 440 g/mol. The number of hydrogen-bond acceptors (Lipinski definition) is 7. The van der Waals surface area contributed by atoms with Crippen molar-refractivity contribution in [2.45, 2.75) is 38.6 Å². The highest BCUT2D eigenvalue weighted by molar-refractivity contribution is 5.95. The van der Waals surface area contributed by atoms with Crippen molar-refractivity contribution in [3.05, 3.63) is 35.9 Å². The van der Waals surface area contributed by atoms with Gasteiger partial charge >= 0.3 is 0 Å². The number of aromatic nitrogens is 2. The quantitative estimate of drug-likeness (QED) is 0.684. The van der Waals surface area contributed by atoms with Crippen LogP contribution < -0.4 is 19.3 Å². The van der Waals surface area contributed by atoms with Gasteiger partial charge in [-0.2, -0.15) is 0 Å². The summed E-state index contributed by atoms with van der Waals surface area (Å²) in [6.45, 7) is 6.01. The van der Waals surface area contributed by atoms with E-state index in [0.717, 1.165) is 37.7 Å². The van der Waals surface area contributed by atoms with E-state index in [1.165, 1.54) is 19.3 Å². The van der Waals surface area contributed by atoms with Crippen molar-refractivity contribution in [3.63, 3.8) is 0 Å². The molecular weight excluding hydrogens is 406 g/mol. The van der Waals surface area contributed by atoms with Crippen LogP contribution in [0.25, 0.3) is 0 Å². The molecular formula is C24H33N5O3. The molecule has 0 bridgehead atoms. The number of carbonyl (C=O) groups is 1. The lowest BCUT2D eigenvalue weighted by molar-refractivity contribution is 0.0745. The number of anilines is 2. The van der Waals surface area contributed by atoms with Gasteiger partial charge in [0.15, 0.2) is 11.6 Å². The minimum absolute atomic E-state index is 0.0148.